The van der Waals surface area contributed by atoms with Gasteiger partial charge >= 0.3 is 6.03 Å². The number of nitrogens with one attached hydrogen (secondary N) is 2. The predicted octanol–water partition coefficient (Wildman–Crippen LogP) is 1.01. The maximum absolute atomic E-state index is 11.3. The molecule has 0 aromatic heterocycles. The van der Waals surface area contributed by atoms with Gasteiger partial charge in [-0.1, -0.05) is 19.1 Å². The molecule has 0 aliphatic rings. The Balaban J connectivity index is 2.58. The first kappa shape index (κ1) is 14.5. The van der Waals surface area contributed by atoms with Crippen molar-refractivity contribution in [3.63, 3.8) is 0 Å². The van der Waals surface area contributed by atoms with Gasteiger partial charge in [0.2, 0.25) is 10.0 Å². The van der Waals surface area contributed by atoms with Gasteiger partial charge in [0.05, 0.1) is 5.75 Å². The number of hydrogen-bond acceptors (Lipinski definition) is 3. The first-order chi connectivity index (χ1) is 8.40. The summed E-state index contributed by atoms with van der Waals surface area (Å²) in [6, 6.07) is 6.20. The Bertz CT molecular complexity index is 497. The van der Waals surface area contributed by atoms with Crippen LogP contribution < -0.4 is 15.8 Å². The predicted molar refractivity (Wildman–Crippen MR) is 70.6 cm³/mol. The Hall–Kier alpha value is -1.60. The molecule has 0 saturated heterocycles. The molecule has 1 aromatic carbocycles. The van der Waals surface area contributed by atoms with Crippen molar-refractivity contribution in [1.29, 1.82) is 0 Å². The summed E-state index contributed by atoms with van der Waals surface area (Å²) >= 11 is 0. The van der Waals surface area contributed by atoms with E-state index in [-0.39, 0.29) is 11.8 Å². The van der Waals surface area contributed by atoms with Gasteiger partial charge in [0.1, 0.15) is 0 Å². The Morgan fingerprint density at radius 2 is 1.89 bits per heavy atom. The number of urea groups is 1. The van der Waals surface area contributed by atoms with Crippen LogP contribution in [-0.2, 0) is 15.8 Å². The Morgan fingerprint density at radius 3 is 2.39 bits per heavy atom. The second-order valence-corrected chi connectivity index (χ2v) is 5.50. The number of sulfonamides is 1. The van der Waals surface area contributed by atoms with Gasteiger partial charge in [0.15, 0.2) is 0 Å². The summed E-state index contributed by atoms with van der Waals surface area (Å²) in [5.74, 6) is -0.213. The maximum atomic E-state index is 11.3. The number of amides is 2. The van der Waals surface area contributed by atoms with Crippen molar-refractivity contribution in [1.82, 2.24) is 5.32 Å². The van der Waals surface area contributed by atoms with E-state index in [0.717, 1.165) is 6.42 Å². The zero-order valence-corrected chi connectivity index (χ0v) is 11.0. The fourth-order valence-electron chi connectivity index (χ4n) is 1.33. The molecule has 0 heterocycles. The lowest BCUT2D eigenvalue weighted by molar-refractivity contribution is 0.252. The zero-order chi connectivity index (χ0) is 13.6. The molecule has 0 radical (unpaired) electrons. The average Bonchev–Trinajstić information content (AvgIpc) is 2.27. The quantitative estimate of drug-likeness (QED) is 0.744. The summed E-state index contributed by atoms with van der Waals surface area (Å²) in [6.07, 6.45) is 0.862. The number of carbonyl (C=O) groups is 1. The van der Waals surface area contributed by atoms with Crippen LogP contribution in [0.1, 0.15) is 18.9 Å². The van der Waals surface area contributed by atoms with Gasteiger partial charge in [0, 0.05) is 12.2 Å². The highest BCUT2D eigenvalue weighted by Crippen LogP contribution is 2.10. The van der Waals surface area contributed by atoms with Crippen molar-refractivity contribution in [2.75, 3.05) is 11.9 Å². The van der Waals surface area contributed by atoms with E-state index < -0.39 is 10.0 Å². The molecule has 0 bridgehead atoms. The molecule has 7 heteroatoms. The molecular weight excluding hydrogens is 254 g/mol. The molecule has 4 N–H and O–H groups in total. The number of hydrogen-bond donors (Lipinski definition) is 3. The topological polar surface area (TPSA) is 101 Å². The van der Waals surface area contributed by atoms with Crippen LogP contribution in [0.5, 0.6) is 0 Å². The summed E-state index contributed by atoms with van der Waals surface area (Å²) in [7, 11) is -3.52. The molecule has 1 rings (SSSR count). The molecule has 6 nitrogen and oxygen atoms in total. The van der Waals surface area contributed by atoms with Crippen LogP contribution in [0.2, 0.25) is 0 Å². The van der Waals surface area contributed by atoms with Crippen LogP contribution in [0.4, 0.5) is 10.5 Å². The van der Waals surface area contributed by atoms with E-state index in [1.807, 2.05) is 6.92 Å². The third-order valence-corrected chi connectivity index (χ3v) is 2.85. The second-order valence-electron chi connectivity index (χ2n) is 3.89. The van der Waals surface area contributed by atoms with Crippen LogP contribution in [0.15, 0.2) is 24.3 Å². The standard InChI is InChI=1S/C11H17N3O3S/c1-2-7-13-11(15)14-10-5-3-9(4-6-10)8-18(12,16)17/h3-6H,2,7-8H2,1H3,(H2,12,16,17)(H2,13,14,15). The molecule has 0 aliphatic heterocycles. The Morgan fingerprint density at radius 1 is 1.28 bits per heavy atom. The van der Waals surface area contributed by atoms with Gasteiger partial charge in [0.25, 0.3) is 0 Å². The van der Waals surface area contributed by atoms with Crippen molar-refractivity contribution in [3.8, 4) is 0 Å². The maximum Gasteiger partial charge on any atom is 0.319 e. The first-order valence-electron chi connectivity index (χ1n) is 5.55. The molecule has 100 valence electrons. The highest BCUT2D eigenvalue weighted by atomic mass is 32.2. The van der Waals surface area contributed by atoms with Gasteiger partial charge in [-0.2, -0.15) is 0 Å². The fourth-order valence-corrected chi connectivity index (χ4v) is 1.99. The lowest BCUT2D eigenvalue weighted by Crippen LogP contribution is -2.29. The van der Waals surface area contributed by atoms with E-state index in [1.165, 1.54) is 0 Å². The molecule has 0 saturated carbocycles. The molecule has 0 fully saturated rings. The molecule has 1 aromatic rings. The van der Waals surface area contributed by atoms with Crippen molar-refractivity contribution < 1.29 is 13.2 Å². The Labute approximate surface area is 107 Å². The summed E-state index contributed by atoms with van der Waals surface area (Å²) < 4.78 is 21.8. The summed E-state index contributed by atoms with van der Waals surface area (Å²) in [5, 5.41) is 10.2. The highest BCUT2D eigenvalue weighted by molar-refractivity contribution is 7.88. The lowest BCUT2D eigenvalue weighted by Gasteiger charge is -2.07. The number of carbonyl (C=O) groups excluding carboxylic acids is 1. The minimum absolute atomic E-state index is 0.213. The zero-order valence-electron chi connectivity index (χ0n) is 10.1. The largest absolute Gasteiger partial charge is 0.338 e. The molecular formula is C11H17N3O3S. The molecule has 2 amide bonds. The van der Waals surface area contributed by atoms with Gasteiger partial charge in [-0.05, 0) is 24.1 Å². The summed E-state index contributed by atoms with van der Waals surface area (Å²) in [5.41, 5.74) is 1.18. The normalized spacial score (nSPS) is 11.0. The van der Waals surface area contributed by atoms with Crippen LogP contribution in [0.25, 0.3) is 0 Å². The van der Waals surface area contributed by atoms with Crippen molar-refractivity contribution in [2.24, 2.45) is 5.14 Å². The SMILES string of the molecule is CCCNC(=O)Nc1ccc(CS(N)(=O)=O)cc1. The highest BCUT2D eigenvalue weighted by Gasteiger charge is 2.05. The number of benzene rings is 1. The monoisotopic (exact) mass is 271 g/mol. The van der Waals surface area contributed by atoms with E-state index in [1.54, 1.807) is 24.3 Å². The van der Waals surface area contributed by atoms with Crippen LogP contribution in [-0.4, -0.2) is 21.0 Å². The third kappa shape index (κ3) is 5.65. The fraction of sp³-hybridized carbons (Fsp3) is 0.364. The van der Waals surface area contributed by atoms with E-state index >= 15 is 0 Å². The van der Waals surface area contributed by atoms with Crippen molar-refractivity contribution in [3.05, 3.63) is 29.8 Å². The number of nitrogens with two attached hydrogens (primary N) is 1. The van der Waals surface area contributed by atoms with E-state index in [2.05, 4.69) is 10.6 Å². The van der Waals surface area contributed by atoms with Gasteiger partial charge in [-0.25, -0.2) is 18.4 Å². The van der Waals surface area contributed by atoms with Gasteiger partial charge in [-0.3, -0.25) is 0 Å². The van der Waals surface area contributed by atoms with Crippen LogP contribution in [0.3, 0.4) is 0 Å². The van der Waals surface area contributed by atoms with Crippen LogP contribution in [0, 0.1) is 0 Å². The van der Waals surface area contributed by atoms with Gasteiger partial charge in [-0.15, -0.1) is 0 Å². The van der Waals surface area contributed by atoms with Crippen molar-refractivity contribution in [2.45, 2.75) is 19.1 Å². The molecule has 0 aliphatic carbocycles. The minimum atomic E-state index is -3.52. The smallest absolute Gasteiger partial charge is 0.319 e. The molecule has 0 spiro atoms. The lowest BCUT2D eigenvalue weighted by atomic mass is 10.2. The second kappa shape index (κ2) is 6.36. The first-order valence-corrected chi connectivity index (χ1v) is 7.26. The van der Waals surface area contributed by atoms with Crippen LogP contribution >= 0.6 is 0 Å². The van der Waals surface area contributed by atoms with E-state index in [0.29, 0.717) is 17.8 Å². The molecule has 18 heavy (non-hydrogen) atoms. The number of anilines is 1. The average molecular weight is 271 g/mol. The van der Waals surface area contributed by atoms with Crippen molar-refractivity contribution >= 4 is 21.7 Å². The third-order valence-electron chi connectivity index (χ3n) is 2.12. The van der Waals surface area contributed by atoms with Gasteiger partial charge < -0.3 is 10.6 Å². The number of primary sulfonamides is 1. The summed E-state index contributed by atoms with van der Waals surface area (Å²) in [6.45, 7) is 2.57. The van der Waals surface area contributed by atoms with E-state index in [9.17, 15) is 13.2 Å². The summed E-state index contributed by atoms with van der Waals surface area (Å²) in [4.78, 5) is 11.3. The molecule has 0 unspecified atom stereocenters. The van der Waals surface area contributed by atoms with E-state index in [4.69, 9.17) is 5.14 Å². The Kier molecular flexibility index (Phi) is 5.11. The molecule has 0 atom stereocenters. The number of rotatable bonds is 5. The minimum Gasteiger partial charge on any atom is -0.338 e.